The first kappa shape index (κ1) is 37.1. The van der Waals surface area contributed by atoms with Crippen molar-refractivity contribution >= 4 is 61.0 Å². The molecule has 4 aromatic rings. The van der Waals surface area contributed by atoms with E-state index in [0.717, 1.165) is 10.3 Å². The number of anilines is 1. The number of guanidine groups is 1. The zero-order chi connectivity index (χ0) is 36.2. The van der Waals surface area contributed by atoms with E-state index in [9.17, 15) is 35.1 Å². The number of carboxylic acids is 1. The molecular weight excluding hydrogens is 728 g/mol. The molecule has 0 spiro atoms. The van der Waals surface area contributed by atoms with Gasteiger partial charge >= 0.3 is 5.97 Å². The van der Waals surface area contributed by atoms with Crippen LogP contribution in [0.25, 0.3) is 10.2 Å². The quantitative estimate of drug-likeness (QED) is 0.0940. The molecule has 15 heteroatoms. The Morgan fingerprint density at radius 1 is 1.08 bits per heavy atom. The molecule has 2 heterocycles. The number of carboxylic acid groups (broad SMARTS) is 1. The Kier molecular flexibility index (Phi) is 11.8. The Morgan fingerprint density at radius 3 is 2.52 bits per heavy atom. The van der Waals surface area contributed by atoms with Gasteiger partial charge in [-0.2, -0.15) is 0 Å². The molecule has 1 amide bonds. The van der Waals surface area contributed by atoms with Crippen LogP contribution in [0.3, 0.4) is 0 Å². The van der Waals surface area contributed by atoms with Crippen LogP contribution in [-0.2, 0) is 15.0 Å². The summed E-state index contributed by atoms with van der Waals surface area (Å²) in [4.78, 5) is 35.0. The van der Waals surface area contributed by atoms with E-state index in [1.54, 1.807) is 12.1 Å². The number of nitrogens with one attached hydrogen (secondary N) is 4. The number of hydrogen-bond donors (Lipinski definition) is 9. The van der Waals surface area contributed by atoms with E-state index in [-0.39, 0.29) is 29.7 Å². The van der Waals surface area contributed by atoms with Crippen LogP contribution >= 0.6 is 27.3 Å². The number of amides is 1. The average Bonchev–Trinajstić information content (AvgIpc) is 3.50. The van der Waals surface area contributed by atoms with Crippen LogP contribution in [0.1, 0.15) is 67.3 Å². The molecule has 50 heavy (non-hydrogen) atoms. The van der Waals surface area contributed by atoms with Gasteiger partial charge in [0.05, 0.1) is 41.4 Å². The van der Waals surface area contributed by atoms with E-state index in [4.69, 9.17) is 0 Å². The summed E-state index contributed by atoms with van der Waals surface area (Å²) in [5.41, 5.74) is 2.49. The molecule has 1 aliphatic rings. The van der Waals surface area contributed by atoms with Crippen LogP contribution in [0.15, 0.2) is 70.1 Å². The number of fused-ring (bicyclic) bond motifs is 1. The number of phenolic OH excluding ortho intramolecular Hbond substituents is 1. The number of aromatic nitrogens is 1. The first-order valence-electron chi connectivity index (χ1n) is 16.0. The number of benzene rings is 3. The molecule has 3 aromatic carbocycles. The minimum atomic E-state index is -1.38. The van der Waals surface area contributed by atoms with E-state index in [1.807, 2.05) is 57.2 Å². The van der Waals surface area contributed by atoms with Crippen molar-refractivity contribution in [2.75, 3.05) is 25.0 Å². The fourth-order valence-corrected chi connectivity index (χ4v) is 7.02. The minimum absolute atomic E-state index is 0.146. The predicted molar refractivity (Wildman–Crippen MR) is 195 cm³/mol. The van der Waals surface area contributed by atoms with Gasteiger partial charge in [0.15, 0.2) is 5.96 Å². The molecule has 5 atom stereocenters. The largest absolute Gasteiger partial charge is 0.508 e. The number of nitrogens with zero attached hydrogens (tertiary/aromatic N) is 2. The second kappa shape index (κ2) is 15.8. The third-order valence-corrected chi connectivity index (χ3v) is 9.79. The molecule has 13 nitrogen and oxygen atoms in total. The van der Waals surface area contributed by atoms with Crippen molar-refractivity contribution in [3.05, 3.63) is 86.8 Å². The molecule has 0 saturated heterocycles. The van der Waals surface area contributed by atoms with Crippen LogP contribution in [0, 0.1) is 5.92 Å². The van der Waals surface area contributed by atoms with Crippen LogP contribution < -0.4 is 21.3 Å². The van der Waals surface area contributed by atoms with Gasteiger partial charge in [0.1, 0.15) is 23.1 Å². The minimum Gasteiger partial charge on any atom is -0.508 e. The van der Waals surface area contributed by atoms with Gasteiger partial charge in [-0.25, -0.2) is 4.98 Å². The van der Waals surface area contributed by atoms with Gasteiger partial charge in [-0.15, -0.1) is 11.3 Å². The van der Waals surface area contributed by atoms with Crippen molar-refractivity contribution in [1.82, 2.24) is 20.9 Å². The van der Waals surface area contributed by atoms with Gasteiger partial charge in [-0.1, -0.05) is 54.9 Å². The Morgan fingerprint density at radius 2 is 1.84 bits per heavy atom. The lowest BCUT2D eigenvalue weighted by Gasteiger charge is -2.29. The number of β-amino-alcohol motifs (C(OH)–C–C–N with tert-alkyl or cyclic N) is 1. The molecule has 1 aromatic heterocycles. The van der Waals surface area contributed by atoms with Gasteiger partial charge in [0.2, 0.25) is 5.91 Å². The van der Waals surface area contributed by atoms with Crippen molar-refractivity contribution in [1.29, 1.82) is 0 Å². The summed E-state index contributed by atoms with van der Waals surface area (Å²) < 4.78 is 1.56. The molecule has 5 rings (SSSR count). The summed E-state index contributed by atoms with van der Waals surface area (Å²) >= 11 is 4.82. The number of aromatic hydroxyl groups is 1. The number of phenols is 1. The Balaban J connectivity index is 1.35. The summed E-state index contributed by atoms with van der Waals surface area (Å²) in [6, 6.07) is 16.2. The second-order valence-electron chi connectivity index (χ2n) is 13.2. The average molecular weight is 770 g/mol. The summed E-state index contributed by atoms with van der Waals surface area (Å²) in [7, 11) is 0. The summed E-state index contributed by atoms with van der Waals surface area (Å²) in [5.74, 6) is -2.84. The third-order valence-electron chi connectivity index (χ3n) is 8.19. The van der Waals surface area contributed by atoms with Gasteiger partial charge in [-0.3, -0.25) is 19.9 Å². The van der Waals surface area contributed by atoms with E-state index < -0.39 is 48.8 Å². The number of aliphatic hydroxyl groups is 3. The van der Waals surface area contributed by atoms with Gasteiger partial charge in [0.25, 0.3) is 0 Å². The third kappa shape index (κ3) is 9.56. The summed E-state index contributed by atoms with van der Waals surface area (Å²) in [5, 5.41) is 64.5. The summed E-state index contributed by atoms with van der Waals surface area (Å²) in [6.45, 7) is 6.18. The molecule has 9 N–H and O–H groups in total. The van der Waals surface area contributed by atoms with Crippen molar-refractivity contribution in [3.63, 3.8) is 0 Å². The number of rotatable bonds is 12. The molecule has 0 saturated carbocycles. The number of aliphatic carboxylic acids is 1. The maximum atomic E-state index is 13.5. The maximum Gasteiger partial charge on any atom is 0.309 e. The molecule has 0 radical (unpaired) electrons. The topological polar surface area (TPSA) is 209 Å². The van der Waals surface area contributed by atoms with Crippen LogP contribution in [-0.4, -0.2) is 74.1 Å². The monoisotopic (exact) mass is 768 g/mol. The fraction of sp³-hybridized carbons (Fsp3) is 0.371. The molecular formula is C35H41BrN6O7S. The molecule has 4 unspecified atom stereocenters. The first-order chi connectivity index (χ1) is 23.7. The highest BCUT2D eigenvalue weighted by Gasteiger charge is 2.35. The molecule has 266 valence electrons. The zero-order valence-corrected chi connectivity index (χ0v) is 30.1. The number of carbonyl (C=O) groups excluding carboxylic acids is 1. The normalized spacial score (nSPS) is 17.3. The number of hydrogen-bond acceptors (Lipinski definition) is 12. The number of aliphatic hydroxyl groups excluding tert-OH is 3. The smallest absolute Gasteiger partial charge is 0.309 e. The van der Waals surface area contributed by atoms with Gasteiger partial charge in [-0.05, 0) is 59.4 Å². The zero-order valence-electron chi connectivity index (χ0n) is 27.7. The van der Waals surface area contributed by atoms with Crippen LogP contribution in [0.4, 0.5) is 5.69 Å². The first-order valence-corrected chi connectivity index (χ1v) is 17.6. The molecule has 0 fully saturated rings. The number of para-hydroxylation sites is 1. The SMILES string of the molecule is CC(C)(C)c1cc(Br)cc(C(NC(=O)CNC(O)c2cc(O)cc(NC3=NCC(O)CN3)c2)[C@H](CC(O)c2nc3ccccc3s2)C(=O)O)c1. The second-order valence-corrected chi connectivity index (χ2v) is 15.2. The molecule has 0 aliphatic carbocycles. The Hall–Kier alpha value is -4.12. The lowest BCUT2D eigenvalue weighted by Crippen LogP contribution is -2.42. The summed E-state index contributed by atoms with van der Waals surface area (Å²) in [6.07, 6.45) is -3.43. The van der Waals surface area contributed by atoms with Crippen molar-refractivity contribution in [2.45, 2.75) is 57.1 Å². The maximum absolute atomic E-state index is 13.5. The van der Waals surface area contributed by atoms with Gasteiger partial charge < -0.3 is 41.5 Å². The number of thiazole rings is 1. The Labute approximate surface area is 301 Å². The standard InChI is InChI=1S/C35H41BrN6O7S/c1-35(2,3)20-8-18(9-21(36)12-20)30(25(33(48)49)14-27(45)32-41-26-6-4-5-7-28(26)50-32)42-29(46)17-37-31(47)19-10-22(13-23(43)11-19)40-34-38-15-24(44)16-39-34/h4-13,24-25,27,30-31,37,43-45,47H,14-17H2,1-3H3,(H,42,46)(H,48,49)(H2,38,39,40)/t25-,27?,30?,31?/m0/s1. The molecule has 1 aliphatic heterocycles. The highest BCUT2D eigenvalue weighted by molar-refractivity contribution is 9.10. The fourth-order valence-electron chi connectivity index (χ4n) is 5.54. The van der Waals surface area contributed by atoms with Crippen molar-refractivity contribution in [3.8, 4) is 5.75 Å². The highest BCUT2D eigenvalue weighted by Crippen LogP contribution is 2.37. The van der Waals surface area contributed by atoms with E-state index in [0.29, 0.717) is 38.8 Å². The Bertz CT molecular complexity index is 1850. The lowest BCUT2D eigenvalue weighted by molar-refractivity contribution is -0.144. The highest BCUT2D eigenvalue weighted by atomic mass is 79.9. The number of halogens is 1. The van der Waals surface area contributed by atoms with Gasteiger partial charge in [0, 0.05) is 28.3 Å². The lowest BCUT2D eigenvalue weighted by atomic mass is 9.82. The van der Waals surface area contributed by atoms with E-state index in [1.165, 1.54) is 23.5 Å². The molecule has 0 bridgehead atoms. The number of aliphatic imine (C=N–C) groups is 1. The number of carbonyl (C=O) groups is 2. The van der Waals surface area contributed by atoms with Crippen LogP contribution in [0.5, 0.6) is 5.75 Å². The van der Waals surface area contributed by atoms with Crippen molar-refractivity contribution < 1.29 is 35.1 Å². The predicted octanol–water partition coefficient (Wildman–Crippen LogP) is 4.06. The van der Waals surface area contributed by atoms with Crippen LogP contribution in [0.2, 0.25) is 0 Å². The van der Waals surface area contributed by atoms with Crippen molar-refractivity contribution in [2.24, 2.45) is 10.9 Å². The van der Waals surface area contributed by atoms with E-state index >= 15 is 0 Å². The van der Waals surface area contributed by atoms with E-state index in [2.05, 4.69) is 47.2 Å².